The Balaban J connectivity index is 2.07. The van der Waals surface area contributed by atoms with Gasteiger partial charge in [-0.25, -0.2) is 4.79 Å². The molecular weight excluding hydrogens is 334 g/mol. The normalized spacial score (nSPS) is 14.1. The van der Waals surface area contributed by atoms with Crippen LogP contribution in [0.3, 0.4) is 0 Å². The second-order valence-corrected chi connectivity index (χ2v) is 6.05. The lowest BCUT2D eigenvalue weighted by Crippen LogP contribution is -2.44. The Morgan fingerprint density at radius 3 is 2.27 bits per heavy atom. The molecule has 0 aliphatic rings. The Hall–Kier alpha value is -2.86. The first-order valence-corrected chi connectivity index (χ1v) is 8.23. The fourth-order valence-corrected chi connectivity index (χ4v) is 2.51. The number of amides is 1. The molecule has 6 heteroatoms. The molecule has 2 N–H and O–H groups in total. The molecule has 26 heavy (non-hydrogen) atoms. The summed E-state index contributed by atoms with van der Waals surface area (Å²) in [6.07, 6.45) is 0. The minimum Gasteiger partial charge on any atom is -0.482 e. The molecule has 2 rings (SSSR count). The van der Waals surface area contributed by atoms with Crippen LogP contribution in [0.25, 0.3) is 0 Å². The lowest BCUT2D eigenvalue weighted by molar-refractivity contribution is -0.143. The Morgan fingerprint density at radius 1 is 1.12 bits per heavy atom. The second kappa shape index (κ2) is 8.49. The molecule has 0 fully saturated rings. The molecule has 0 aliphatic heterocycles. The summed E-state index contributed by atoms with van der Waals surface area (Å²) >= 11 is 0. The summed E-state index contributed by atoms with van der Waals surface area (Å²) in [6.45, 7) is 3.20. The smallest absolute Gasteiger partial charge is 0.341 e. The minimum absolute atomic E-state index is 0.245. The van der Waals surface area contributed by atoms with E-state index in [1.807, 2.05) is 37.3 Å². The van der Waals surface area contributed by atoms with Crippen molar-refractivity contribution >= 4 is 11.9 Å². The number of hydrogen-bond acceptors (Lipinski definition) is 4. The van der Waals surface area contributed by atoms with Crippen molar-refractivity contribution in [2.24, 2.45) is 0 Å². The van der Waals surface area contributed by atoms with Crippen LogP contribution in [0.1, 0.15) is 31.0 Å². The minimum atomic E-state index is -1.10. The zero-order chi connectivity index (χ0) is 19.2. The van der Waals surface area contributed by atoms with Crippen LogP contribution in [0.15, 0.2) is 54.6 Å². The molecule has 6 nitrogen and oxygen atoms in total. The van der Waals surface area contributed by atoms with E-state index in [2.05, 4.69) is 5.32 Å². The molecule has 2 aromatic rings. The topological polar surface area (TPSA) is 84.9 Å². The zero-order valence-corrected chi connectivity index (χ0v) is 15.1. The van der Waals surface area contributed by atoms with E-state index in [9.17, 15) is 9.59 Å². The summed E-state index contributed by atoms with van der Waals surface area (Å²) in [5, 5.41) is 11.6. The highest BCUT2D eigenvalue weighted by Crippen LogP contribution is 2.26. The molecule has 2 unspecified atom stereocenters. The maximum Gasteiger partial charge on any atom is 0.341 e. The van der Waals surface area contributed by atoms with E-state index < -0.39 is 18.2 Å². The van der Waals surface area contributed by atoms with Gasteiger partial charge in [-0.2, -0.15) is 0 Å². The molecule has 0 radical (unpaired) electrons. The molecule has 0 aliphatic carbocycles. The molecule has 0 heterocycles. The predicted octanol–water partition coefficient (Wildman–Crippen LogP) is 2.89. The molecular formula is C20H23NO5. The summed E-state index contributed by atoms with van der Waals surface area (Å²) in [5.74, 6) is -0.819. The van der Waals surface area contributed by atoms with Gasteiger partial charge in [-0.1, -0.05) is 42.5 Å². The molecule has 1 amide bonds. The standard InChI is InChI=1S/C20H23NO5/c1-14(15-9-11-17(12-10-15)26-13-18(22)23)21-19(24)20(2,25-3)16-7-5-4-6-8-16/h4-12,14H,13H2,1-3H3,(H,21,24)(H,22,23). The van der Waals surface area contributed by atoms with Gasteiger partial charge >= 0.3 is 5.97 Å². The van der Waals surface area contributed by atoms with Crippen LogP contribution in [0.5, 0.6) is 5.75 Å². The number of aliphatic carboxylic acids is 1. The van der Waals surface area contributed by atoms with E-state index in [-0.39, 0.29) is 11.9 Å². The first kappa shape index (κ1) is 19.5. The Morgan fingerprint density at radius 2 is 1.73 bits per heavy atom. The van der Waals surface area contributed by atoms with Crippen LogP contribution in [0.4, 0.5) is 0 Å². The van der Waals surface area contributed by atoms with Crippen molar-refractivity contribution in [3.63, 3.8) is 0 Å². The second-order valence-electron chi connectivity index (χ2n) is 6.05. The number of carboxylic acids is 1. The van der Waals surface area contributed by atoms with Crippen LogP contribution in [-0.4, -0.2) is 30.7 Å². The molecule has 0 saturated heterocycles. The van der Waals surface area contributed by atoms with Crippen molar-refractivity contribution in [3.05, 3.63) is 65.7 Å². The van der Waals surface area contributed by atoms with Gasteiger partial charge < -0.3 is 19.9 Å². The Kier molecular flexibility index (Phi) is 6.36. The highest BCUT2D eigenvalue weighted by Gasteiger charge is 2.35. The Labute approximate surface area is 152 Å². The van der Waals surface area contributed by atoms with Crippen LogP contribution >= 0.6 is 0 Å². The number of ether oxygens (including phenoxy) is 2. The van der Waals surface area contributed by atoms with Crippen molar-refractivity contribution in [2.45, 2.75) is 25.5 Å². The number of carbonyl (C=O) groups excluding carboxylic acids is 1. The van der Waals surface area contributed by atoms with Crippen molar-refractivity contribution in [3.8, 4) is 5.75 Å². The van der Waals surface area contributed by atoms with E-state index in [1.54, 1.807) is 31.2 Å². The first-order valence-electron chi connectivity index (χ1n) is 8.23. The third-order valence-corrected chi connectivity index (χ3v) is 4.26. The lowest BCUT2D eigenvalue weighted by Gasteiger charge is -2.29. The van der Waals surface area contributed by atoms with Crippen LogP contribution < -0.4 is 10.1 Å². The summed E-state index contributed by atoms with van der Waals surface area (Å²) in [6, 6.07) is 16.0. The summed E-state index contributed by atoms with van der Waals surface area (Å²) < 4.78 is 10.6. The van der Waals surface area contributed by atoms with Crippen LogP contribution in [-0.2, 0) is 19.9 Å². The summed E-state index contributed by atoms with van der Waals surface area (Å²) in [5.41, 5.74) is 0.539. The molecule has 0 bridgehead atoms. The molecule has 0 saturated carbocycles. The van der Waals surface area contributed by atoms with E-state index in [4.69, 9.17) is 14.6 Å². The quantitative estimate of drug-likeness (QED) is 0.759. The van der Waals surface area contributed by atoms with Gasteiger partial charge in [-0.15, -0.1) is 0 Å². The third-order valence-electron chi connectivity index (χ3n) is 4.26. The average Bonchev–Trinajstić information content (AvgIpc) is 2.66. The van der Waals surface area contributed by atoms with Gasteiger partial charge in [0.25, 0.3) is 5.91 Å². The van der Waals surface area contributed by atoms with Crippen molar-refractivity contribution in [2.75, 3.05) is 13.7 Å². The number of benzene rings is 2. The average molecular weight is 357 g/mol. The van der Waals surface area contributed by atoms with Crippen molar-refractivity contribution in [1.82, 2.24) is 5.32 Å². The van der Waals surface area contributed by atoms with Gasteiger partial charge in [0.15, 0.2) is 12.2 Å². The van der Waals surface area contributed by atoms with E-state index in [1.165, 1.54) is 7.11 Å². The number of carbonyl (C=O) groups is 2. The molecule has 0 aromatic heterocycles. The highest BCUT2D eigenvalue weighted by atomic mass is 16.5. The van der Waals surface area contributed by atoms with Gasteiger partial charge in [-0.3, -0.25) is 4.79 Å². The number of nitrogens with one attached hydrogen (secondary N) is 1. The Bertz CT molecular complexity index is 745. The number of carboxylic acid groups (broad SMARTS) is 1. The van der Waals surface area contributed by atoms with Gasteiger partial charge in [0.2, 0.25) is 0 Å². The molecule has 138 valence electrons. The fraction of sp³-hybridized carbons (Fsp3) is 0.300. The van der Waals surface area contributed by atoms with E-state index in [0.717, 1.165) is 11.1 Å². The van der Waals surface area contributed by atoms with Gasteiger partial charge in [0.05, 0.1) is 6.04 Å². The zero-order valence-electron chi connectivity index (χ0n) is 15.1. The monoisotopic (exact) mass is 357 g/mol. The number of rotatable bonds is 8. The molecule has 2 aromatic carbocycles. The SMILES string of the molecule is COC(C)(C(=O)NC(C)c1ccc(OCC(=O)O)cc1)c1ccccc1. The number of hydrogen-bond donors (Lipinski definition) is 2. The lowest BCUT2D eigenvalue weighted by atomic mass is 9.94. The predicted molar refractivity (Wildman–Crippen MR) is 96.9 cm³/mol. The van der Waals surface area contributed by atoms with Gasteiger partial charge in [0.1, 0.15) is 5.75 Å². The third kappa shape index (κ3) is 4.61. The van der Waals surface area contributed by atoms with Gasteiger partial charge in [0, 0.05) is 7.11 Å². The maximum absolute atomic E-state index is 12.8. The maximum atomic E-state index is 12.8. The van der Waals surface area contributed by atoms with Crippen LogP contribution in [0.2, 0.25) is 0 Å². The highest BCUT2D eigenvalue weighted by molar-refractivity contribution is 5.86. The van der Waals surface area contributed by atoms with E-state index >= 15 is 0 Å². The van der Waals surface area contributed by atoms with Crippen molar-refractivity contribution < 1.29 is 24.2 Å². The van der Waals surface area contributed by atoms with Gasteiger partial charge in [-0.05, 0) is 37.1 Å². The van der Waals surface area contributed by atoms with Crippen molar-refractivity contribution in [1.29, 1.82) is 0 Å². The summed E-state index contributed by atoms with van der Waals surface area (Å²) in [7, 11) is 1.51. The first-order chi connectivity index (χ1) is 12.4. The van der Waals surface area contributed by atoms with Crippen LogP contribution in [0, 0.1) is 0 Å². The fourth-order valence-electron chi connectivity index (χ4n) is 2.51. The molecule has 0 spiro atoms. The largest absolute Gasteiger partial charge is 0.482 e. The number of methoxy groups -OCH3 is 1. The van der Waals surface area contributed by atoms with E-state index in [0.29, 0.717) is 5.75 Å². The summed E-state index contributed by atoms with van der Waals surface area (Å²) in [4.78, 5) is 23.3. The molecule has 2 atom stereocenters.